The van der Waals surface area contributed by atoms with Crippen molar-refractivity contribution in [1.29, 1.82) is 0 Å². The Labute approximate surface area is 196 Å². The number of ether oxygens (including phenoxy) is 1. The topological polar surface area (TPSA) is 55.0 Å². The Hall–Kier alpha value is -2.93. The zero-order valence-electron chi connectivity index (χ0n) is 16.1. The first-order chi connectivity index (χ1) is 15.3. The molecular formula is C23H13Cl3F2N2O2. The third-order valence-electron chi connectivity index (χ3n) is 4.58. The van der Waals surface area contributed by atoms with Crippen molar-refractivity contribution in [2.45, 2.75) is 6.61 Å². The summed E-state index contributed by atoms with van der Waals surface area (Å²) in [6.45, 7) is -0.145. The summed E-state index contributed by atoms with van der Waals surface area (Å²) in [6, 6.07) is 14.7. The van der Waals surface area contributed by atoms with Crippen LogP contribution in [0.2, 0.25) is 15.1 Å². The molecule has 4 aromatic rings. The van der Waals surface area contributed by atoms with Crippen LogP contribution >= 0.6 is 34.8 Å². The highest BCUT2D eigenvalue weighted by atomic mass is 35.5. The van der Waals surface area contributed by atoms with E-state index >= 15 is 0 Å². The van der Waals surface area contributed by atoms with Crippen LogP contribution in [0.5, 0.6) is 6.01 Å². The SMILES string of the molecule is O=c1[nH]c(OCc2ccc(F)c(F)c2)nc(-c2ccc(Cl)cc2Cl)c1-c1ccc(Cl)cc1. The van der Waals surface area contributed by atoms with E-state index in [-0.39, 0.29) is 28.9 Å². The van der Waals surface area contributed by atoms with Crippen molar-refractivity contribution >= 4 is 34.8 Å². The highest BCUT2D eigenvalue weighted by Crippen LogP contribution is 2.35. The lowest BCUT2D eigenvalue weighted by Gasteiger charge is -2.13. The molecule has 3 aromatic carbocycles. The summed E-state index contributed by atoms with van der Waals surface area (Å²) in [6.07, 6.45) is 0. The Morgan fingerprint density at radius 1 is 0.875 bits per heavy atom. The molecule has 0 amide bonds. The van der Waals surface area contributed by atoms with Crippen molar-refractivity contribution in [2.24, 2.45) is 0 Å². The number of H-pyrrole nitrogens is 1. The fraction of sp³-hybridized carbons (Fsp3) is 0.0435. The van der Waals surface area contributed by atoms with Gasteiger partial charge < -0.3 is 4.74 Å². The normalized spacial score (nSPS) is 10.9. The first-order valence-electron chi connectivity index (χ1n) is 9.24. The second-order valence-electron chi connectivity index (χ2n) is 6.76. The lowest BCUT2D eigenvalue weighted by atomic mass is 10.0. The van der Waals surface area contributed by atoms with Crippen molar-refractivity contribution in [3.05, 3.63) is 103 Å². The Balaban J connectivity index is 1.80. The molecule has 0 atom stereocenters. The van der Waals surface area contributed by atoms with Crippen LogP contribution in [0.3, 0.4) is 0 Å². The number of hydrogen-bond donors (Lipinski definition) is 1. The van der Waals surface area contributed by atoms with Crippen molar-refractivity contribution < 1.29 is 13.5 Å². The molecule has 0 bridgehead atoms. The summed E-state index contributed by atoms with van der Waals surface area (Å²) >= 11 is 18.4. The van der Waals surface area contributed by atoms with Gasteiger partial charge in [0.15, 0.2) is 11.6 Å². The number of aromatic nitrogens is 2. The van der Waals surface area contributed by atoms with Crippen molar-refractivity contribution in [3.8, 4) is 28.4 Å². The van der Waals surface area contributed by atoms with Crippen LogP contribution in [0.25, 0.3) is 22.4 Å². The van der Waals surface area contributed by atoms with Crippen LogP contribution in [-0.2, 0) is 6.61 Å². The Morgan fingerprint density at radius 3 is 2.28 bits per heavy atom. The molecule has 0 fully saturated rings. The lowest BCUT2D eigenvalue weighted by Crippen LogP contribution is -2.15. The maximum atomic E-state index is 13.5. The largest absolute Gasteiger partial charge is 0.460 e. The van der Waals surface area contributed by atoms with Crippen molar-refractivity contribution in [3.63, 3.8) is 0 Å². The molecule has 1 heterocycles. The van der Waals surface area contributed by atoms with Gasteiger partial charge in [0.2, 0.25) is 0 Å². The zero-order chi connectivity index (χ0) is 22.8. The molecule has 1 N–H and O–H groups in total. The van der Waals surface area contributed by atoms with Gasteiger partial charge in [0.1, 0.15) is 6.61 Å². The van der Waals surface area contributed by atoms with E-state index in [2.05, 4.69) is 9.97 Å². The predicted molar refractivity (Wildman–Crippen MR) is 121 cm³/mol. The maximum absolute atomic E-state index is 13.5. The Morgan fingerprint density at radius 2 is 1.59 bits per heavy atom. The first kappa shape index (κ1) is 22.3. The van der Waals surface area contributed by atoms with Crippen LogP contribution in [0, 0.1) is 11.6 Å². The van der Waals surface area contributed by atoms with Gasteiger partial charge in [-0.25, -0.2) is 8.78 Å². The summed E-state index contributed by atoms with van der Waals surface area (Å²) in [5, 5.41) is 1.22. The minimum Gasteiger partial charge on any atom is -0.460 e. The lowest BCUT2D eigenvalue weighted by molar-refractivity contribution is 0.279. The Bertz CT molecular complexity index is 1360. The standard InChI is InChI=1S/C23H13Cl3F2N2O2/c24-14-4-2-13(3-5-14)20-21(16-7-6-15(25)10-17(16)26)29-23(30-22(20)31)32-11-12-1-8-18(27)19(28)9-12/h1-10H,11H2,(H,29,30,31). The first-order valence-corrected chi connectivity index (χ1v) is 10.4. The number of nitrogens with one attached hydrogen (secondary N) is 1. The van der Waals surface area contributed by atoms with E-state index in [9.17, 15) is 13.6 Å². The molecule has 0 spiro atoms. The molecule has 4 rings (SSSR count). The fourth-order valence-corrected chi connectivity index (χ4v) is 3.69. The van der Waals surface area contributed by atoms with E-state index in [4.69, 9.17) is 39.5 Å². The third-order valence-corrected chi connectivity index (χ3v) is 5.38. The third kappa shape index (κ3) is 4.78. The molecule has 0 saturated heterocycles. The molecule has 0 radical (unpaired) electrons. The molecule has 162 valence electrons. The van der Waals surface area contributed by atoms with Gasteiger partial charge in [-0.2, -0.15) is 4.98 Å². The number of halogens is 5. The molecule has 0 aliphatic carbocycles. The number of aromatic amines is 1. The summed E-state index contributed by atoms with van der Waals surface area (Å²) in [5.41, 5.74) is 1.42. The van der Waals surface area contributed by atoms with E-state index < -0.39 is 17.2 Å². The van der Waals surface area contributed by atoms with E-state index in [1.165, 1.54) is 12.1 Å². The van der Waals surface area contributed by atoms with Crippen molar-refractivity contribution in [2.75, 3.05) is 0 Å². The van der Waals surface area contributed by atoms with Gasteiger partial charge in [-0.3, -0.25) is 9.78 Å². The molecule has 9 heteroatoms. The summed E-state index contributed by atoms with van der Waals surface area (Å²) < 4.78 is 32.2. The zero-order valence-corrected chi connectivity index (χ0v) is 18.4. The smallest absolute Gasteiger partial charge is 0.297 e. The molecule has 0 unspecified atom stereocenters. The van der Waals surface area contributed by atoms with E-state index in [1.54, 1.807) is 36.4 Å². The van der Waals surface area contributed by atoms with E-state index in [0.717, 1.165) is 12.1 Å². The van der Waals surface area contributed by atoms with Crippen LogP contribution in [0.1, 0.15) is 5.56 Å². The molecule has 1 aromatic heterocycles. The second-order valence-corrected chi connectivity index (χ2v) is 8.04. The highest BCUT2D eigenvalue weighted by molar-refractivity contribution is 6.36. The average Bonchev–Trinajstić information content (AvgIpc) is 2.75. The van der Waals surface area contributed by atoms with Gasteiger partial charge in [-0.05, 0) is 53.6 Å². The second kappa shape index (κ2) is 9.28. The quantitative estimate of drug-likeness (QED) is 0.328. The molecule has 4 nitrogen and oxygen atoms in total. The minimum absolute atomic E-state index is 0.113. The van der Waals surface area contributed by atoms with Crippen LogP contribution in [0.4, 0.5) is 8.78 Å². The molecule has 0 saturated carbocycles. The van der Waals surface area contributed by atoms with Gasteiger partial charge in [-0.1, -0.05) is 53.0 Å². The number of nitrogens with zero attached hydrogens (tertiary/aromatic N) is 1. The van der Waals surface area contributed by atoms with Gasteiger partial charge in [0.05, 0.1) is 16.3 Å². The van der Waals surface area contributed by atoms with Gasteiger partial charge in [0.25, 0.3) is 11.6 Å². The van der Waals surface area contributed by atoms with Crippen LogP contribution in [-0.4, -0.2) is 9.97 Å². The van der Waals surface area contributed by atoms with Crippen LogP contribution in [0.15, 0.2) is 65.5 Å². The number of hydrogen-bond acceptors (Lipinski definition) is 3. The Kier molecular flexibility index (Phi) is 6.46. The molecule has 0 aliphatic heterocycles. The highest BCUT2D eigenvalue weighted by Gasteiger charge is 2.19. The molecule has 0 aliphatic rings. The van der Waals surface area contributed by atoms with Gasteiger partial charge in [0, 0.05) is 15.6 Å². The summed E-state index contributed by atoms with van der Waals surface area (Å²) in [4.78, 5) is 20.0. The summed E-state index contributed by atoms with van der Waals surface area (Å²) in [5.74, 6) is -1.97. The average molecular weight is 494 g/mol. The van der Waals surface area contributed by atoms with Crippen molar-refractivity contribution in [1.82, 2.24) is 9.97 Å². The van der Waals surface area contributed by atoms with Gasteiger partial charge >= 0.3 is 0 Å². The minimum atomic E-state index is -1.00. The number of rotatable bonds is 5. The monoisotopic (exact) mass is 492 g/mol. The van der Waals surface area contributed by atoms with E-state index in [1.807, 2.05) is 0 Å². The van der Waals surface area contributed by atoms with Crippen LogP contribution < -0.4 is 10.3 Å². The maximum Gasteiger partial charge on any atom is 0.297 e. The number of benzene rings is 3. The molecular weight excluding hydrogens is 481 g/mol. The molecule has 32 heavy (non-hydrogen) atoms. The summed E-state index contributed by atoms with van der Waals surface area (Å²) in [7, 11) is 0. The fourth-order valence-electron chi connectivity index (χ4n) is 3.06. The predicted octanol–water partition coefficient (Wildman–Crippen LogP) is 6.92. The van der Waals surface area contributed by atoms with E-state index in [0.29, 0.717) is 26.7 Å². The van der Waals surface area contributed by atoms with Gasteiger partial charge in [-0.15, -0.1) is 0 Å².